The highest BCUT2D eigenvalue weighted by Gasteiger charge is 2.35. The number of carbonyl (C=O) groups is 2. The molecule has 0 saturated carbocycles. The van der Waals surface area contributed by atoms with Crippen LogP contribution in [-0.4, -0.2) is 42.3 Å². The van der Waals surface area contributed by atoms with Gasteiger partial charge in [0.05, 0.1) is 11.4 Å². The standard InChI is InChI=1S/C21H24N2O4S/c1-4-22(5-2)19-11-10-17(27-19)14-18-20(24)23(21(25)28-18)12-13-26-16-8-6-15(3)7-9-16/h6-11,14H,4-5,12-13H2,1-3H3/b18-14-. The minimum absolute atomic E-state index is 0.207. The van der Waals surface area contributed by atoms with E-state index < -0.39 is 0 Å². The van der Waals surface area contributed by atoms with Crippen LogP contribution in [0.1, 0.15) is 25.2 Å². The van der Waals surface area contributed by atoms with Gasteiger partial charge in [-0.05, 0) is 50.7 Å². The molecule has 0 N–H and O–H groups in total. The lowest BCUT2D eigenvalue weighted by molar-refractivity contribution is -0.123. The van der Waals surface area contributed by atoms with Gasteiger partial charge in [0.15, 0.2) is 5.88 Å². The molecule has 2 heterocycles. The summed E-state index contributed by atoms with van der Waals surface area (Å²) in [4.78, 5) is 28.4. The van der Waals surface area contributed by atoms with E-state index >= 15 is 0 Å². The monoisotopic (exact) mass is 400 g/mol. The Morgan fingerprint density at radius 1 is 1.11 bits per heavy atom. The molecule has 6 nitrogen and oxygen atoms in total. The summed E-state index contributed by atoms with van der Waals surface area (Å²) >= 11 is 0.923. The smallest absolute Gasteiger partial charge is 0.293 e. The third kappa shape index (κ3) is 4.59. The number of hydrogen-bond acceptors (Lipinski definition) is 6. The van der Waals surface area contributed by atoms with E-state index in [1.807, 2.05) is 43.3 Å². The molecule has 0 unspecified atom stereocenters. The first-order chi connectivity index (χ1) is 13.5. The molecule has 7 heteroatoms. The average Bonchev–Trinajstić information content (AvgIpc) is 3.24. The van der Waals surface area contributed by atoms with Crippen LogP contribution in [0, 0.1) is 6.92 Å². The number of nitrogens with zero attached hydrogens (tertiary/aromatic N) is 2. The minimum Gasteiger partial charge on any atom is -0.492 e. The van der Waals surface area contributed by atoms with Gasteiger partial charge in [-0.25, -0.2) is 0 Å². The molecule has 0 atom stereocenters. The number of aryl methyl sites for hydroxylation is 1. The Balaban J connectivity index is 1.61. The number of benzene rings is 1. The Morgan fingerprint density at radius 3 is 2.50 bits per heavy atom. The van der Waals surface area contributed by atoms with Crippen LogP contribution in [0.4, 0.5) is 10.7 Å². The van der Waals surface area contributed by atoms with Crippen molar-refractivity contribution >= 4 is 34.9 Å². The maximum atomic E-state index is 12.6. The van der Waals surface area contributed by atoms with Crippen LogP contribution in [0.15, 0.2) is 45.7 Å². The number of ether oxygens (including phenoxy) is 1. The second kappa shape index (κ2) is 9.01. The predicted molar refractivity (Wildman–Crippen MR) is 112 cm³/mol. The summed E-state index contributed by atoms with van der Waals surface area (Å²) < 4.78 is 11.4. The number of carbonyl (C=O) groups excluding carboxylic acids is 2. The van der Waals surface area contributed by atoms with Gasteiger partial charge in [-0.3, -0.25) is 14.5 Å². The Hall–Kier alpha value is -2.67. The molecule has 1 fully saturated rings. The van der Waals surface area contributed by atoms with Crippen LogP contribution in [0.2, 0.25) is 0 Å². The third-order valence-electron chi connectivity index (χ3n) is 4.44. The van der Waals surface area contributed by atoms with Gasteiger partial charge >= 0.3 is 0 Å². The van der Waals surface area contributed by atoms with Crippen molar-refractivity contribution in [2.24, 2.45) is 0 Å². The molecule has 2 amide bonds. The fourth-order valence-electron chi connectivity index (χ4n) is 2.84. The maximum Gasteiger partial charge on any atom is 0.293 e. The molecule has 3 rings (SSSR count). The molecular weight excluding hydrogens is 376 g/mol. The molecule has 0 radical (unpaired) electrons. The number of rotatable bonds is 8. The largest absolute Gasteiger partial charge is 0.492 e. The first kappa shape index (κ1) is 20.1. The fraction of sp³-hybridized carbons (Fsp3) is 0.333. The molecule has 1 aliphatic rings. The molecule has 0 bridgehead atoms. The lowest BCUT2D eigenvalue weighted by Gasteiger charge is -2.16. The lowest BCUT2D eigenvalue weighted by atomic mass is 10.2. The van der Waals surface area contributed by atoms with Crippen molar-refractivity contribution < 1.29 is 18.7 Å². The predicted octanol–water partition coefficient (Wildman–Crippen LogP) is 4.55. The molecule has 1 saturated heterocycles. The van der Waals surface area contributed by atoms with Crippen LogP contribution in [0.3, 0.4) is 0 Å². The Morgan fingerprint density at radius 2 is 1.82 bits per heavy atom. The maximum absolute atomic E-state index is 12.6. The summed E-state index contributed by atoms with van der Waals surface area (Å²) in [6.07, 6.45) is 1.62. The van der Waals surface area contributed by atoms with Gasteiger partial charge in [0.2, 0.25) is 0 Å². The van der Waals surface area contributed by atoms with Crippen molar-refractivity contribution in [1.29, 1.82) is 0 Å². The number of imide groups is 1. The fourth-order valence-corrected chi connectivity index (χ4v) is 3.68. The van der Waals surface area contributed by atoms with Crippen LogP contribution in [0.25, 0.3) is 6.08 Å². The van der Waals surface area contributed by atoms with E-state index in [4.69, 9.17) is 9.15 Å². The summed E-state index contributed by atoms with van der Waals surface area (Å²) in [5.74, 6) is 1.71. The van der Waals surface area contributed by atoms with Crippen LogP contribution >= 0.6 is 11.8 Å². The molecule has 1 aromatic carbocycles. The normalized spacial score (nSPS) is 15.5. The molecular formula is C21H24N2O4S. The van der Waals surface area contributed by atoms with Crippen molar-refractivity contribution in [2.75, 3.05) is 31.1 Å². The van der Waals surface area contributed by atoms with Crippen molar-refractivity contribution in [2.45, 2.75) is 20.8 Å². The van der Waals surface area contributed by atoms with Crippen molar-refractivity contribution in [3.8, 4) is 5.75 Å². The Bertz CT molecular complexity index is 869. The van der Waals surface area contributed by atoms with Crippen LogP contribution in [0.5, 0.6) is 5.75 Å². The highest BCUT2D eigenvalue weighted by atomic mass is 32.2. The molecule has 1 aliphatic heterocycles. The van der Waals surface area contributed by atoms with E-state index in [1.54, 1.807) is 6.08 Å². The van der Waals surface area contributed by atoms with E-state index in [2.05, 4.69) is 18.7 Å². The van der Waals surface area contributed by atoms with Crippen LogP contribution in [-0.2, 0) is 4.79 Å². The zero-order valence-electron chi connectivity index (χ0n) is 16.3. The first-order valence-electron chi connectivity index (χ1n) is 9.31. The van der Waals surface area contributed by atoms with E-state index in [0.717, 1.165) is 36.3 Å². The van der Waals surface area contributed by atoms with Gasteiger partial charge in [0.1, 0.15) is 18.1 Å². The van der Waals surface area contributed by atoms with Gasteiger partial charge in [0, 0.05) is 25.2 Å². The lowest BCUT2D eigenvalue weighted by Crippen LogP contribution is -2.32. The summed E-state index contributed by atoms with van der Waals surface area (Å²) in [5.41, 5.74) is 1.14. The Kier molecular flexibility index (Phi) is 6.46. The van der Waals surface area contributed by atoms with Crippen molar-refractivity contribution in [3.63, 3.8) is 0 Å². The highest BCUT2D eigenvalue weighted by molar-refractivity contribution is 8.18. The number of furan rings is 1. The highest BCUT2D eigenvalue weighted by Crippen LogP contribution is 2.33. The second-order valence-corrected chi connectivity index (χ2v) is 7.34. The first-order valence-corrected chi connectivity index (χ1v) is 10.1. The average molecular weight is 401 g/mol. The van der Waals surface area contributed by atoms with Gasteiger partial charge in [0.25, 0.3) is 11.1 Å². The van der Waals surface area contributed by atoms with Gasteiger partial charge in [-0.15, -0.1) is 0 Å². The zero-order chi connectivity index (χ0) is 20.1. The van der Waals surface area contributed by atoms with Crippen molar-refractivity contribution in [1.82, 2.24) is 4.90 Å². The molecule has 0 aliphatic carbocycles. The van der Waals surface area contributed by atoms with Gasteiger partial charge < -0.3 is 14.1 Å². The molecule has 1 aromatic heterocycles. The van der Waals surface area contributed by atoms with E-state index in [0.29, 0.717) is 16.4 Å². The van der Waals surface area contributed by atoms with Gasteiger partial charge in [-0.1, -0.05) is 17.7 Å². The summed E-state index contributed by atoms with van der Waals surface area (Å²) in [6.45, 7) is 8.23. The number of hydrogen-bond donors (Lipinski definition) is 0. The van der Waals surface area contributed by atoms with E-state index in [1.165, 1.54) is 4.90 Å². The van der Waals surface area contributed by atoms with Gasteiger partial charge in [-0.2, -0.15) is 0 Å². The van der Waals surface area contributed by atoms with Crippen molar-refractivity contribution in [3.05, 3.63) is 52.6 Å². The number of amides is 2. The zero-order valence-corrected chi connectivity index (χ0v) is 17.1. The topological polar surface area (TPSA) is 63.0 Å². The third-order valence-corrected chi connectivity index (χ3v) is 5.35. The molecule has 28 heavy (non-hydrogen) atoms. The quantitative estimate of drug-likeness (QED) is 0.606. The summed E-state index contributed by atoms with van der Waals surface area (Å²) in [5, 5.41) is -0.292. The van der Waals surface area contributed by atoms with Crippen LogP contribution < -0.4 is 9.64 Å². The molecule has 148 valence electrons. The summed E-state index contributed by atoms with van der Waals surface area (Å²) in [7, 11) is 0. The van der Waals surface area contributed by atoms with E-state index in [9.17, 15) is 9.59 Å². The number of anilines is 1. The second-order valence-electron chi connectivity index (χ2n) is 6.34. The molecule has 2 aromatic rings. The number of thioether (sulfide) groups is 1. The summed E-state index contributed by atoms with van der Waals surface area (Å²) in [6, 6.07) is 11.3. The Labute approximate surface area is 169 Å². The molecule has 0 spiro atoms. The SMILES string of the molecule is CCN(CC)c1ccc(/C=C2\SC(=O)N(CCOc3ccc(C)cc3)C2=O)o1. The van der Waals surface area contributed by atoms with E-state index in [-0.39, 0.29) is 24.3 Å². The minimum atomic E-state index is -0.316.